The summed E-state index contributed by atoms with van der Waals surface area (Å²) in [7, 11) is 0. The average Bonchev–Trinajstić information content (AvgIpc) is 3.46. The molecule has 0 bridgehead atoms. The van der Waals surface area contributed by atoms with Gasteiger partial charge in [-0.25, -0.2) is 4.79 Å². The van der Waals surface area contributed by atoms with Crippen molar-refractivity contribution in [1.82, 2.24) is 9.80 Å². The highest BCUT2D eigenvalue weighted by Crippen LogP contribution is 2.78. The molecule has 1 saturated heterocycles. The van der Waals surface area contributed by atoms with Gasteiger partial charge in [0.25, 0.3) is 0 Å². The number of carbonyl (C=O) groups is 2. The van der Waals surface area contributed by atoms with Gasteiger partial charge in [-0.05, 0) is 143 Å². The standard InChI is InChI=1S/C49H81N3O5/c1-32(2)35-15-21-48(31-39(54)51-25-27-52(28-26-51)41(55)57-42(5,6)7)24-23-47(14)46(13)20-16-36-44(10,11)38(56-34(4)30-43(8,9)29-33(3)53)18-19-45(36,12)37(46)17-22-49(47,50)40(35)48/h35-38,40,53H,1,3-4,15-31,50H2,2,5-14H3/t35-,36-,37+,38-,40-,45-,46+,47-,48+,49?/m0/s1. The molecule has 57 heavy (non-hydrogen) atoms. The van der Waals surface area contributed by atoms with E-state index in [9.17, 15) is 14.7 Å². The zero-order chi connectivity index (χ0) is 42.4. The maximum Gasteiger partial charge on any atom is 0.410 e. The minimum absolute atomic E-state index is 0.0168. The van der Waals surface area contributed by atoms with Crippen molar-refractivity contribution in [2.75, 3.05) is 26.2 Å². The monoisotopic (exact) mass is 792 g/mol. The van der Waals surface area contributed by atoms with Gasteiger partial charge in [-0.1, -0.05) is 73.8 Å². The van der Waals surface area contributed by atoms with Crippen LogP contribution in [0.15, 0.2) is 36.8 Å². The SMILES string of the molecule is C=C(O)CC(C)(C)CC(=C)O[C@H]1CC[C@]2(C)[C@H]3CCC4(N)[C@H]5[C@H](C(=C)C)CC[C@]5(CC(=O)N5CCN(C(=O)OC(C)(C)C)CC5)CC[C@@]4(C)[C@]3(C)CC[C@H]2C1(C)C. The lowest BCUT2D eigenvalue weighted by Gasteiger charge is -2.75. The normalized spacial score (nSPS) is 40.2. The van der Waals surface area contributed by atoms with E-state index >= 15 is 0 Å². The molecule has 5 saturated carbocycles. The van der Waals surface area contributed by atoms with Crippen molar-refractivity contribution in [1.29, 1.82) is 0 Å². The van der Waals surface area contributed by atoms with Crippen molar-refractivity contribution in [3.8, 4) is 0 Å². The predicted molar refractivity (Wildman–Crippen MR) is 230 cm³/mol. The number of amides is 2. The summed E-state index contributed by atoms with van der Waals surface area (Å²) in [5.74, 6) is 2.87. The third-order valence-electron chi connectivity index (χ3n) is 17.9. The maximum absolute atomic E-state index is 14.4. The molecule has 1 heterocycles. The van der Waals surface area contributed by atoms with Crippen molar-refractivity contribution in [3.63, 3.8) is 0 Å². The Morgan fingerprint density at radius 3 is 2.00 bits per heavy atom. The summed E-state index contributed by atoms with van der Waals surface area (Å²) in [6, 6.07) is 0. The van der Waals surface area contributed by atoms with Crippen LogP contribution in [0.2, 0.25) is 0 Å². The van der Waals surface area contributed by atoms with Crippen LogP contribution in [0.4, 0.5) is 4.79 Å². The molecule has 6 fully saturated rings. The number of fused-ring (bicyclic) bond motifs is 7. The van der Waals surface area contributed by atoms with E-state index in [-0.39, 0.29) is 62.3 Å². The Labute approximate surface area is 346 Å². The van der Waals surface area contributed by atoms with Crippen LogP contribution in [-0.2, 0) is 14.3 Å². The van der Waals surface area contributed by atoms with E-state index in [0.717, 1.165) is 70.0 Å². The molecule has 1 unspecified atom stereocenters. The van der Waals surface area contributed by atoms with Gasteiger partial charge in [0, 0.05) is 56.4 Å². The fraction of sp³-hybridized carbons (Fsp3) is 0.837. The Morgan fingerprint density at radius 1 is 0.789 bits per heavy atom. The van der Waals surface area contributed by atoms with E-state index in [2.05, 4.69) is 75.1 Å². The van der Waals surface area contributed by atoms with Crippen LogP contribution in [0.25, 0.3) is 0 Å². The van der Waals surface area contributed by atoms with Gasteiger partial charge in [0.2, 0.25) is 5.91 Å². The quantitative estimate of drug-likeness (QED) is 0.178. The number of allylic oxidation sites excluding steroid dienone is 3. The molecule has 0 aromatic heterocycles. The van der Waals surface area contributed by atoms with Gasteiger partial charge in [-0.3, -0.25) is 4.79 Å². The maximum atomic E-state index is 14.4. The summed E-state index contributed by atoms with van der Waals surface area (Å²) in [6.07, 6.45) is 12.4. The van der Waals surface area contributed by atoms with Crippen molar-refractivity contribution in [3.05, 3.63) is 36.8 Å². The zero-order valence-electron chi connectivity index (χ0n) is 38.1. The van der Waals surface area contributed by atoms with Crippen molar-refractivity contribution < 1.29 is 24.2 Å². The molecular weight excluding hydrogens is 711 g/mol. The van der Waals surface area contributed by atoms with E-state index in [1.165, 1.54) is 5.57 Å². The van der Waals surface area contributed by atoms with Crippen LogP contribution < -0.4 is 5.73 Å². The molecule has 10 atom stereocenters. The number of hydrogen-bond donors (Lipinski definition) is 2. The molecule has 0 spiro atoms. The fourth-order valence-corrected chi connectivity index (χ4v) is 15.2. The van der Waals surface area contributed by atoms with Crippen LogP contribution in [0, 0.1) is 56.2 Å². The van der Waals surface area contributed by atoms with Crippen molar-refractivity contribution in [2.45, 2.75) is 177 Å². The molecule has 6 aliphatic rings. The highest BCUT2D eigenvalue weighted by Gasteiger charge is 2.75. The van der Waals surface area contributed by atoms with Crippen molar-refractivity contribution >= 4 is 12.0 Å². The number of piperazine rings is 1. The van der Waals surface area contributed by atoms with E-state index in [1.807, 2.05) is 25.7 Å². The van der Waals surface area contributed by atoms with E-state index < -0.39 is 11.1 Å². The van der Waals surface area contributed by atoms with Crippen LogP contribution >= 0.6 is 0 Å². The molecule has 322 valence electrons. The van der Waals surface area contributed by atoms with E-state index in [0.29, 0.717) is 63.2 Å². The molecule has 5 aliphatic carbocycles. The lowest BCUT2D eigenvalue weighted by Crippen LogP contribution is -2.76. The van der Waals surface area contributed by atoms with E-state index in [4.69, 9.17) is 15.2 Å². The Kier molecular flexibility index (Phi) is 11.3. The topological polar surface area (TPSA) is 105 Å². The third kappa shape index (κ3) is 7.40. The minimum atomic E-state index is -0.543. The van der Waals surface area contributed by atoms with Gasteiger partial charge in [-0.15, -0.1) is 0 Å². The summed E-state index contributed by atoms with van der Waals surface area (Å²) < 4.78 is 12.4. The van der Waals surface area contributed by atoms with Gasteiger partial charge in [0.05, 0.1) is 11.5 Å². The molecule has 2 amide bonds. The molecule has 3 N–H and O–H groups in total. The first-order chi connectivity index (χ1) is 26.1. The van der Waals surface area contributed by atoms with Crippen molar-refractivity contribution in [2.24, 2.45) is 61.9 Å². The summed E-state index contributed by atoms with van der Waals surface area (Å²) in [4.78, 5) is 30.9. The molecular formula is C49H81N3O5. The first-order valence-corrected chi connectivity index (χ1v) is 22.6. The second-order valence-corrected chi connectivity index (χ2v) is 23.4. The Bertz CT molecular complexity index is 1620. The van der Waals surface area contributed by atoms with E-state index in [1.54, 1.807) is 4.90 Å². The highest BCUT2D eigenvalue weighted by molar-refractivity contribution is 5.78. The first kappa shape index (κ1) is 44.1. The number of rotatable bonds is 9. The smallest absolute Gasteiger partial charge is 0.410 e. The first-order valence-electron chi connectivity index (χ1n) is 22.6. The van der Waals surface area contributed by atoms with Crippen LogP contribution in [0.3, 0.4) is 0 Å². The number of nitrogens with two attached hydrogens (primary N) is 1. The van der Waals surface area contributed by atoms with Crippen LogP contribution in [0.5, 0.6) is 0 Å². The van der Waals surface area contributed by atoms with Crippen LogP contribution in [-0.4, -0.2) is 70.3 Å². The van der Waals surface area contributed by atoms with Gasteiger partial charge in [-0.2, -0.15) is 0 Å². The second kappa shape index (κ2) is 14.6. The summed E-state index contributed by atoms with van der Waals surface area (Å²) in [6.45, 7) is 39.7. The zero-order valence-corrected chi connectivity index (χ0v) is 38.1. The molecule has 0 aromatic rings. The Balaban J connectivity index is 1.21. The minimum Gasteiger partial charge on any atom is -0.513 e. The van der Waals surface area contributed by atoms with Crippen LogP contribution in [0.1, 0.15) is 160 Å². The molecule has 6 rings (SSSR count). The molecule has 0 radical (unpaired) electrons. The molecule has 8 nitrogen and oxygen atoms in total. The average molecular weight is 792 g/mol. The lowest BCUT2D eigenvalue weighted by atomic mass is 9.30. The number of carbonyl (C=O) groups excluding carboxylic acids is 2. The lowest BCUT2D eigenvalue weighted by molar-refractivity contribution is -0.255. The number of aliphatic hydroxyl groups excluding tert-OH is 1. The number of nitrogens with zero attached hydrogens (tertiary/aromatic N) is 2. The van der Waals surface area contributed by atoms with Gasteiger partial charge < -0.3 is 30.1 Å². The largest absolute Gasteiger partial charge is 0.513 e. The summed E-state index contributed by atoms with van der Waals surface area (Å²) in [5, 5.41) is 9.90. The molecule has 0 aromatic carbocycles. The third-order valence-corrected chi connectivity index (χ3v) is 17.9. The Morgan fingerprint density at radius 2 is 1.40 bits per heavy atom. The predicted octanol–water partition coefficient (Wildman–Crippen LogP) is 11.0. The molecule has 8 heteroatoms. The Hall–Kier alpha value is -2.48. The summed E-state index contributed by atoms with van der Waals surface area (Å²) >= 11 is 0. The number of hydrogen-bond acceptors (Lipinski definition) is 6. The second-order valence-electron chi connectivity index (χ2n) is 23.4. The number of aliphatic hydroxyl groups is 1. The molecule has 1 aliphatic heterocycles. The van der Waals surface area contributed by atoms with Gasteiger partial charge in [0.15, 0.2) is 0 Å². The van der Waals surface area contributed by atoms with Gasteiger partial charge in [0.1, 0.15) is 11.7 Å². The summed E-state index contributed by atoms with van der Waals surface area (Å²) in [5.41, 5.74) is 8.34. The number of ether oxygens (including phenoxy) is 2. The highest BCUT2D eigenvalue weighted by atomic mass is 16.6. The van der Waals surface area contributed by atoms with Gasteiger partial charge >= 0.3 is 6.09 Å². The fourth-order valence-electron chi connectivity index (χ4n) is 15.2.